The quantitative estimate of drug-likeness (QED) is 0.850. The predicted molar refractivity (Wildman–Crippen MR) is 89.8 cm³/mol. The fourth-order valence-electron chi connectivity index (χ4n) is 1.98. The highest BCUT2D eigenvalue weighted by atomic mass is 32.2. The Morgan fingerprint density at radius 1 is 1.18 bits per heavy atom. The standard InChI is InChI=1S/C15H18N2O3S2/c1-3-12-8-9-21-14(12)15(18)16-10-11-4-6-13(7-5-11)17-22(2,19)20/h4-9,17H,3,10H2,1-2H3,(H,16,18). The van der Waals surface area contributed by atoms with Crippen LogP contribution < -0.4 is 10.0 Å². The van der Waals surface area contributed by atoms with Crippen molar-refractivity contribution < 1.29 is 13.2 Å². The lowest BCUT2D eigenvalue weighted by Crippen LogP contribution is -2.22. The molecule has 1 aromatic heterocycles. The largest absolute Gasteiger partial charge is 0.347 e. The highest BCUT2D eigenvalue weighted by Crippen LogP contribution is 2.17. The first kappa shape index (κ1) is 16.5. The lowest BCUT2D eigenvalue weighted by atomic mass is 10.2. The van der Waals surface area contributed by atoms with Crippen LogP contribution in [-0.4, -0.2) is 20.6 Å². The summed E-state index contributed by atoms with van der Waals surface area (Å²) >= 11 is 1.44. The summed E-state index contributed by atoms with van der Waals surface area (Å²) in [6.45, 7) is 2.42. The topological polar surface area (TPSA) is 75.3 Å². The van der Waals surface area contributed by atoms with Gasteiger partial charge in [-0.1, -0.05) is 19.1 Å². The third-order valence-corrected chi connectivity index (χ3v) is 4.61. The van der Waals surface area contributed by atoms with E-state index in [1.807, 2.05) is 18.4 Å². The number of nitrogens with one attached hydrogen (secondary N) is 2. The van der Waals surface area contributed by atoms with E-state index >= 15 is 0 Å². The van der Waals surface area contributed by atoms with E-state index in [1.165, 1.54) is 11.3 Å². The molecule has 0 unspecified atom stereocenters. The first-order chi connectivity index (χ1) is 10.4. The zero-order valence-electron chi connectivity index (χ0n) is 12.4. The van der Waals surface area contributed by atoms with Crippen LogP contribution in [0.3, 0.4) is 0 Å². The number of rotatable bonds is 6. The van der Waals surface area contributed by atoms with E-state index in [9.17, 15) is 13.2 Å². The number of carbonyl (C=O) groups excluding carboxylic acids is 1. The van der Waals surface area contributed by atoms with Crippen molar-refractivity contribution in [2.24, 2.45) is 0 Å². The van der Waals surface area contributed by atoms with E-state index in [2.05, 4.69) is 10.0 Å². The van der Waals surface area contributed by atoms with Gasteiger partial charge < -0.3 is 5.32 Å². The Morgan fingerprint density at radius 2 is 1.86 bits per heavy atom. The molecule has 5 nitrogen and oxygen atoms in total. The summed E-state index contributed by atoms with van der Waals surface area (Å²) in [5, 5.41) is 4.79. The van der Waals surface area contributed by atoms with Crippen molar-refractivity contribution >= 4 is 33.0 Å². The summed E-state index contributed by atoms with van der Waals surface area (Å²) in [5.74, 6) is -0.0785. The molecule has 0 spiro atoms. The Bertz CT molecular complexity index is 749. The molecule has 0 radical (unpaired) electrons. The lowest BCUT2D eigenvalue weighted by molar-refractivity contribution is 0.0954. The van der Waals surface area contributed by atoms with Gasteiger partial charge in [0.05, 0.1) is 11.1 Å². The number of hydrogen-bond donors (Lipinski definition) is 2. The molecule has 1 heterocycles. The normalized spacial score (nSPS) is 11.2. The fraction of sp³-hybridized carbons (Fsp3) is 0.267. The molecule has 0 atom stereocenters. The van der Waals surface area contributed by atoms with Gasteiger partial charge in [0.1, 0.15) is 0 Å². The molecule has 0 saturated heterocycles. The summed E-state index contributed by atoms with van der Waals surface area (Å²) < 4.78 is 24.6. The maximum atomic E-state index is 12.1. The second-order valence-corrected chi connectivity index (χ2v) is 7.55. The van der Waals surface area contributed by atoms with Crippen molar-refractivity contribution in [3.63, 3.8) is 0 Å². The van der Waals surface area contributed by atoms with Crippen LogP contribution in [-0.2, 0) is 23.0 Å². The van der Waals surface area contributed by atoms with Crippen LogP contribution in [0.4, 0.5) is 5.69 Å². The highest BCUT2D eigenvalue weighted by Gasteiger charge is 2.11. The van der Waals surface area contributed by atoms with E-state index in [0.717, 1.165) is 28.7 Å². The Morgan fingerprint density at radius 3 is 2.45 bits per heavy atom. The molecule has 0 aliphatic heterocycles. The lowest BCUT2D eigenvalue weighted by Gasteiger charge is -2.07. The van der Waals surface area contributed by atoms with Gasteiger partial charge in [-0.05, 0) is 41.1 Å². The minimum atomic E-state index is -3.27. The smallest absolute Gasteiger partial charge is 0.261 e. The molecule has 2 aromatic rings. The van der Waals surface area contributed by atoms with E-state index in [-0.39, 0.29) is 5.91 Å². The Balaban J connectivity index is 1.96. The van der Waals surface area contributed by atoms with Gasteiger partial charge in [0.25, 0.3) is 5.91 Å². The minimum absolute atomic E-state index is 0.0785. The van der Waals surface area contributed by atoms with Crippen molar-refractivity contribution in [2.45, 2.75) is 19.9 Å². The number of anilines is 1. The molecule has 0 aliphatic rings. The molecule has 118 valence electrons. The number of hydrogen-bond acceptors (Lipinski definition) is 4. The van der Waals surface area contributed by atoms with Crippen molar-refractivity contribution in [2.75, 3.05) is 11.0 Å². The molecule has 2 N–H and O–H groups in total. The van der Waals surface area contributed by atoms with Crippen LogP contribution in [0.1, 0.15) is 27.7 Å². The molecule has 22 heavy (non-hydrogen) atoms. The Kier molecular flexibility index (Phi) is 5.20. The number of sulfonamides is 1. The van der Waals surface area contributed by atoms with Gasteiger partial charge in [0, 0.05) is 12.2 Å². The van der Waals surface area contributed by atoms with Gasteiger partial charge in [0.2, 0.25) is 10.0 Å². The van der Waals surface area contributed by atoms with Crippen LogP contribution in [0, 0.1) is 0 Å². The maximum Gasteiger partial charge on any atom is 0.261 e. The second kappa shape index (κ2) is 6.93. The van der Waals surface area contributed by atoms with E-state index in [0.29, 0.717) is 12.2 Å². The summed E-state index contributed by atoms with van der Waals surface area (Å²) in [6.07, 6.45) is 1.94. The number of carbonyl (C=O) groups is 1. The summed E-state index contributed by atoms with van der Waals surface area (Å²) in [5.41, 5.74) is 2.46. The molecule has 2 rings (SSSR count). The third-order valence-electron chi connectivity index (χ3n) is 3.04. The van der Waals surface area contributed by atoms with Crippen molar-refractivity contribution in [1.82, 2.24) is 5.32 Å². The third kappa shape index (κ3) is 4.57. The molecular weight excluding hydrogens is 320 g/mol. The van der Waals surface area contributed by atoms with Crippen LogP contribution in [0.25, 0.3) is 0 Å². The molecule has 0 saturated carbocycles. The summed E-state index contributed by atoms with van der Waals surface area (Å²) in [7, 11) is -3.27. The molecular formula is C15H18N2O3S2. The molecule has 1 aromatic carbocycles. The van der Waals surface area contributed by atoms with E-state index in [1.54, 1.807) is 24.3 Å². The number of thiophene rings is 1. The second-order valence-electron chi connectivity index (χ2n) is 4.88. The SMILES string of the molecule is CCc1ccsc1C(=O)NCc1ccc(NS(C)(=O)=O)cc1. The maximum absolute atomic E-state index is 12.1. The van der Waals surface area contributed by atoms with Gasteiger partial charge in [-0.2, -0.15) is 0 Å². The van der Waals surface area contributed by atoms with Gasteiger partial charge in [0.15, 0.2) is 0 Å². The highest BCUT2D eigenvalue weighted by molar-refractivity contribution is 7.92. The van der Waals surface area contributed by atoms with E-state index in [4.69, 9.17) is 0 Å². The molecule has 0 fully saturated rings. The number of aryl methyl sites for hydroxylation is 1. The fourth-order valence-corrected chi connectivity index (χ4v) is 3.46. The predicted octanol–water partition coefficient (Wildman–Crippen LogP) is 2.61. The van der Waals surface area contributed by atoms with E-state index < -0.39 is 10.0 Å². The minimum Gasteiger partial charge on any atom is -0.347 e. The average molecular weight is 338 g/mol. The summed E-state index contributed by atoms with van der Waals surface area (Å²) in [4.78, 5) is 12.9. The Labute approximate surface area is 134 Å². The zero-order valence-corrected chi connectivity index (χ0v) is 14.1. The molecule has 1 amide bonds. The van der Waals surface area contributed by atoms with Crippen molar-refractivity contribution in [3.05, 3.63) is 51.7 Å². The first-order valence-corrected chi connectivity index (χ1v) is 9.57. The molecule has 0 aliphatic carbocycles. The summed E-state index contributed by atoms with van der Waals surface area (Å²) in [6, 6.07) is 8.87. The van der Waals surface area contributed by atoms with Crippen LogP contribution in [0.15, 0.2) is 35.7 Å². The molecule has 0 bridgehead atoms. The Hall–Kier alpha value is -1.86. The molecule has 7 heteroatoms. The van der Waals surface area contributed by atoms with Gasteiger partial charge in [-0.3, -0.25) is 9.52 Å². The number of amides is 1. The van der Waals surface area contributed by atoms with Crippen LogP contribution in [0.2, 0.25) is 0 Å². The van der Waals surface area contributed by atoms with Crippen LogP contribution >= 0.6 is 11.3 Å². The van der Waals surface area contributed by atoms with Crippen molar-refractivity contribution in [1.29, 1.82) is 0 Å². The number of benzene rings is 1. The first-order valence-electron chi connectivity index (χ1n) is 6.80. The van der Waals surface area contributed by atoms with Gasteiger partial charge in [-0.15, -0.1) is 11.3 Å². The van der Waals surface area contributed by atoms with Gasteiger partial charge in [-0.25, -0.2) is 8.42 Å². The van der Waals surface area contributed by atoms with Gasteiger partial charge >= 0.3 is 0 Å². The average Bonchev–Trinajstić information content (AvgIpc) is 2.93. The van der Waals surface area contributed by atoms with Crippen LogP contribution in [0.5, 0.6) is 0 Å². The monoisotopic (exact) mass is 338 g/mol. The zero-order chi connectivity index (χ0) is 16.2. The van der Waals surface area contributed by atoms with Crippen molar-refractivity contribution in [3.8, 4) is 0 Å².